The molecule has 0 amide bonds. The summed E-state index contributed by atoms with van der Waals surface area (Å²) in [4.78, 5) is 28.6. The summed E-state index contributed by atoms with van der Waals surface area (Å²) in [7, 11) is 8.82. The minimum atomic E-state index is -0.795. The Morgan fingerprint density at radius 2 is 1.70 bits per heavy atom. The summed E-state index contributed by atoms with van der Waals surface area (Å²) in [5, 5.41) is 81.0. The van der Waals surface area contributed by atoms with Crippen LogP contribution in [-0.2, 0) is 39.5 Å². The van der Waals surface area contributed by atoms with E-state index in [4.69, 9.17) is 9.47 Å². The van der Waals surface area contributed by atoms with Crippen LogP contribution in [0.5, 0.6) is 17.2 Å². The SMILES string of the molecule is COc1c(O)ccc2c1-c1ccc3ccc(O)cc3c1CSSC13CCC(CC1O)C(CC(=O)CC2)OC1NC(CCC2(O)CCCCC2)C(CSSC3Cc2ccccc2)CC2c3c1cc(CO)c1c3C(CCC(C(C)=O)N1)CC2CO. The number of hydrogen-bond donors (Lipinski definition) is 8. The fourth-order valence-electron chi connectivity index (χ4n) is 15.9. The second-order valence-electron chi connectivity index (χ2n) is 25.3. The number of Topliss-reactive ketones (excluding diaryl/α,β-unsaturated/α-hetero) is 2. The summed E-state index contributed by atoms with van der Waals surface area (Å²) in [6, 6.07) is 25.2. The number of rotatable bonds is 9. The molecule has 12 atom stereocenters. The smallest absolute Gasteiger partial charge is 0.168 e. The molecule has 0 spiro atoms. The molecule has 5 aromatic carbocycles. The first kappa shape index (κ1) is 59.4. The quantitative estimate of drug-likeness (QED) is 0.0648. The number of ether oxygens (including phenoxy) is 2. The minimum Gasteiger partial charge on any atom is -0.508 e. The van der Waals surface area contributed by atoms with Crippen LogP contribution in [0.4, 0.5) is 5.69 Å². The molecular formula is C67H82N2O10S4. The topological polar surface area (TPSA) is 198 Å². The van der Waals surface area contributed by atoms with Crippen LogP contribution in [0.1, 0.15) is 167 Å². The normalized spacial score (nSPS) is 30.9. The maximum Gasteiger partial charge on any atom is 0.168 e. The molecule has 5 bridgehead atoms. The summed E-state index contributed by atoms with van der Waals surface area (Å²) in [6.45, 7) is 1.37. The van der Waals surface area contributed by atoms with Crippen LogP contribution in [0.25, 0.3) is 21.9 Å². The van der Waals surface area contributed by atoms with E-state index in [0.717, 1.165) is 107 Å². The molecule has 0 aromatic heterocycles. The van der Waals surface area contributed by atoms with Crippen molar-refractivity contribution in [3.05, 3.63) is 118 Å². The van der Waals surface area contributed by atoms with Crippen LogP contribution in [-0.4, -0.2) is 102 Å². The number of aliphatic hydroxyl groups is 4. The first-order valence-corrected chi connectivity index (χ1v) is 35.3. The molecule has 83 heavy (non-hydrogen) atoms. The second-order valence-corrected chi connectivity index (χ2v) is 30.6. The number of anilines is 1. The van der Waals surface area contributed by atoms with E-state index in [9.17, 15) is 35.4 Å². The van der Waals surface area contributed by atoms with Crippen molar-refractivity contribution >= 4 is 71.2 Å². The maximum absolute atomic E-state index is 15.3. The number of hydrogen-bond acceptors (Lipinski definition) is 16. The summed E-state index contributed by atoms with van der Waals surface area (Å²) < 4.78 is 13.2. The molecule has 2 saturated carbocycles. The van der Waals surface area contributed by atoms with Gasteiger partial charge in [-0.3, -0.25) is 14.9 Å². The van der Waals surface area contributed by atoms with Crippen LogP contribution in [0.3, 0.4) is 0 Å². The first-order valence-electron chi connectivity index (χ1n) is 30.6. The van der Waals surface area contributed by atoms with E-state index in [0.29, 0.717) is 74.0 Å². The Morgan fingerprint density at radius 3 is 2.47 bits per heavy atom. The average Bonchev–Trinajstić information content (AvgIpc) is 3.76. The van der Waals surface area contributed by atoms with Gasteiger partial charge in [0, 0.05) is 59.1 Å². The van der Waals surface area contributed by atoms with Crippen LogP contribution in [0, 0.1) is 17.8 Å². The zero-order valence-corrected chi connectivity index (χ0v) is 51.1. The summed E-state index contributed by atoms with van der Waals surface area (Å²) >= 11 is 0. The third kappa shape index (κ3) is 12.0. The number of aliphatic hydroxyl groups excluding tert-OH is 3. The number of methoxy groups -OCH3 is 1. The van der Waals surface area contributed by atoms with Gasteiger partial charge in [-0.1, -0.05) is 117 Å². The number of carbonyl (C=O) groups is 2. The van der Waals surface area contributed by atoms with Gasteiger partial charge in [0.25, 0.3) is 0 Å². The minimum absolute atomic E-state index is 0.00236. The van der Waals surface area contributed by atoms with Crippen molar-refractivity contribution in [3.63, 3.8) is 0 Å². The zero-order chi connectivity index (χ0) is 57.6. The molecule has 5 aliphatic heterocycles. The number of carbonyl (C=O) groups excluding carboxylic acids is 2. The highest BCUT2D eigenvalue weighted by Crippen LogP contribution is 2.60. The lowest BCUT2D eigenvalue weighted by Gasteiger charge is -2.50. The number of benzene rings is 5. The average molecular weight is 1200 g/mol. The number of phenols is 2. The maximum atomic E-state index is 15.3. The van der Waals surface area contributed by atoms with E-state index in [1.165, 1.54) is 5.56 Å². The Hall–Kier alpha value is -3.94. The van der Waals surface area contributed by atoms with E-state index in [2.05, 4.69) is 47.0 Å². The van der Waals surface area contributed by atoms with Gasteiger partial charge in [0.05, 0.1) is 42.3 Å². The monoisotopic (exact) mass is 1200 g/mol. The zero-order valence-electron chi connectivity index (χ0n) is 47.9. The van der Waals surface area contributed by atoms with Crippen molar-refractivity contribution in [2.75, 3.05) is 24.8 Å². The van der Waals surface area contributed by atoms with Crippen LogP contribution in [0.15, 0.2) is 78.9 Å². The third-order valence-electron chi connectivity index (χ3n) is 20.4. The highest BCUT2D eigenvalue weighted by atomic mass is 33.1. The predicted octanol–water partition coefficient (Wildman–Crippen LogP) is 13.0. The summed E-state index contributed by atoms with van der Waals surface area (Å²) in [6.07, 6.45) is 9.79. The molecule has 12 nitrogen and oxygen atoms in total. The van der Waals surface area contributed by atoms with Gasteiger partial charge in [0.1, 0.15) is 17.8 Å². The van der Waals surface area contributed by atoms with Crippen LogP contribution < -0.4 is 15.4 Å². The number of fused-ring (bicyclic) bond motifs is 9. The molecule has 3 aliphatic carbocycles. The standard InChI is InChI=1S/C67H82N2O10S4/c1-38(72)54-19-14-43-28-44(34-70)51-30-46-36-80-82-59(27-39-9-5-3-6-10-39)67-26-21-42(31-58(67)76)57(79-65(52-29-45(35-71)63(68-54)61(43)62(51)52)69-55(46)22-25-66(77)23-7-4-8-24-66)33-48(74)17-12-41-15-20-56(75)64(78-2)60(41)49-18-13-40-11-16-47(73)32-50(40)53(49)37-81-83-67/h3,5-6,9-11,13,15-16,18,20,29,32,42-44,46,51,54-55,57-59,65,68-71,73,75-77H,4,7-8,12,14,17,19,21-28,30-31,33-37H2,1-2H3. The molecule has 12 unspecified atom stereocenters. The van der Waals surface area contributed by atoms with Crippen molar-refractivity contribution < 1.29 is 49.7 Å². The molecule has 8 aliphatic rings. The van der Waals surface area contributed by atoms with Crippen molar-refractivity contribution in [1.29, 1.82) is 0 Å². The molecule has 8 N–H and O–H groups in total. The van der Waals surface area contributed by atoms with E-state index in [-0.39, 0.29) is 90.0 Å². The molecule has 16 heteroatoms. The van der Waals surface area contributed by atoms with Crippen molar-refractivity contribution in [1.82, 2.24) is 5.32 Å². The van der Waals surface area contributed by atoms with Gasteiger partial charge >= 0.3 is 0 Å². The molecule has 13 rings (SSSR count). The Morgan fingerprint density at radius 1 is 0.880 bits per heavy atom. The fourth-order valence-corrected chi connectivity index (χ4v) is 23.4. The Kier molecular flexibility index (Phi) is 18.2. The Bertz CT molecular complexity index is 3180. The molecule has 2 saturated heterocycles. The van der Waals surface area contributed by atoms with E-state index in [1.807, 2.05) is 51.9 Å². The first-order chi connectivity index (χ1) is 40.3. The highest BCUT2D eigenvalue weighted by Gasteiger charge is 2.53. The summed E-state index contributed by atoms with van der Waals surface area (Å²) in [5.74, 6) is 1.44. The second kappa shape index (κ2) is 25.4. The molecule has 5 aromatic rings. The largest absolute Gasteiger partial charge is 0.508 e. The molecule has 444 valence electrons. The van der Waals surface area contributed by atoms with Gasteiger partial charge in [0.2, 0.25) is 0 Å². The molecule has 4 fully saturated rings. The van der Waals surface area contributed by atoms with Gasteiger partial charge in [0.15, 0.2) is 17.3 Å². The van der Waals surface area contributed by atoms with Gasteiger partial charge in [-0.15, -0.1) is 0 Å². The lowest BCUT2D eigenvalue weighted by atomic mass is 9.63. The lowest BCUT2D eigenvalue weighted by Crippen LogP contribution is -2.54. The number of nitrogens with one attached hydrogen (secondary N) is 2. The molecule has 5 heterocycles. The third-order valence-corrected chi connectivity index (χ3v) is 26.8. The predicted molar refractivity (Wildman–Crippen MR) is 336 cm³/mol. The van der Waals surface area contributed by atoms with E-state index >= 15 is 4.79 Å². The highest BCUT2D eigenvalue weighted by molar-refractivity contribution is 8.78. The molecule has 0 radical (unpaired) electrons. The fraction of sp³-hybridized carbons (Fsp3) is 0.552. The van der Waals surface area contributed by atoms with E-state index < -0.39 is 34.8 Å². The summed E-state index contributed by atoms with van der Waals surface area (Å²) in [5.41, 5.74) is 8.41. The Balaban J connectivity index is 1.04. The van der Waals surface area contributed by atoms with Crippen molar-refractivity contribution in [2.45, 2.75) is 193 Å². The van der Waals surface area contributed by atoms with Gasteiger partial charge in [-0.05, 0) is 194 Å². The van der Waals surface area contributed by atoms with Crippen molar-refractivity contribution in [3.8, 4) is 28.4 Å². The Labute approximate surface area is 504 Å². The van der Waals surface area contributed by atoms with Crippen LogP contribution >= 0.6 is 43.2 Å². The van der Waals surface area contributed by atoms with E-state index in [1.54, 1.807) is 47.8 Å². The lowest BCUT2D eigenvalue weighted by molar-refractivity contribution is -0.130. The number of phenolic OH excluding ortho intramolecular Hbond substituents is 2. The van der Waals surface area contributed by atoms with Gasteiger partial charge < -0.3 is 45.4 Å². The van der Waals surface area contributed by atoms with Gasteiger partial charge in [-0.2, -0.15) is 0 Å². The van der Waals surface area contributed by atoms with Crippen molar-refractivity contribution in [2.24, 2.45) is 17.8 Å². The van der Waals surface area contributed by atoms with Gasteiger partial charge in [-0.25, -0.2) is 0 Å². The number of ketones is 2. The molecular weight excluding hydrogens is 1120 g/mol. The van der Waals surface area contributed by atoms with Crippen LogP contribution in [0.2, 0.25) is 0 Å². The number of aromatic hydroxyl groups is 2. The number of aryl methyl sites for hydroxylation is 1.